The van der Waals surface area contributed by atoms with E-state index in [-0.39, 0.29) is 57.4 Å². The minimum Gasteiger partial charge on any atom is -0.508 e. The quantitative estimate of drug-likeness (QED) is 0.0988. The molecule has 12 nitrogen and oxygen atoms in total. The van der Waals surface area contributed by atoms with Crippen molar-refractivity contribution in [3.05, 3.63) is 82.4 Å². The fourth-order valence-corrected chi connectivity index (χ4v) is 6.18. The summed E-state index contributed by atoms with van der Waals surface area (Å²) in [6.45, 7) is 0. The lowest BCUT2D eigenvalue weighted by Crippen LogP contribution is -2.39. The number of ether oxygens (including phenoxy) is 3. The van der Waals surface area contributed by atoms with Gasteiger partial charge in [0.2, 0.25) is 0 Å². The summed E-state index contributed by atoms with van der Waals surface area (Å²) < 4.78 is 17.8. The van der Waals surface area contributed by atoms with Gasteiger partial charge in [0, 0.05) is 30.2 Å². The molecule has 0 amide bonds. The van der Waals surface area contributed by atoms with Crippen LogP contribution in [0.3, 0.4) is 0 Å². The molecule has 12 heteroatoms. The summed E-state index contributed by atoms with van der Waals surface area (Å²) in [5.41, 5.74) is -1.50. The van der Waals surface area contributed by atoms with Gasteiger partial charge in [-0.25, -0.2) is 0 Å². The van der Waals surface area contributed by atoms with Crippen molar-refractivity contribution < 1.29 is 59.9 Å². The summed E-state index contributed by atoms with van der Waals surface area (Å²) >= 11 is 0. The average molecular weight is 574 g/mol. The summed E-state index contributed by atoms with van der Waals surface area (Å²) in [4.78, 5) is 14.0. The normalized spacial score (nSPS) is 23.5. The summed E-state index contributed by atoms with van der Waals surface area (Å²) in [6.07, 6.45) is -3.70. The topological polar surface area (TPSA) is 207 Å². The third kappa shape index (κ3) is 3.29. The van der Waals surface area contributed by atoms with Crippen molar-refractivity contribution >= 4 is 5.97 Å². The third-order valence-electron chi connectivity index (χ3n) is 7.98. The number of aliphatic hydroxyl groups is 1. The van der Waals surface area contributed by atoms with Crippen LogP contribution in [0.25, 0.3) is 0 Å². The summed E-state index contributed by atoms with van der Waals surface area (Å²) in [6, 6.07) is 11.1. The van der Waals surface area contributed by atoms with E-state index in [1.807, 2.05) is 0 Å². The van der Waals surface area contributed by atoms with E-state index in [1.165, 1.54) is 42.5 Å². The number of rotatable bonds is 2. The first-order chi connectivity index (χ1) is 20.0. The first-order valence-corrected chi connectivity index (χ1v) is 12.7. The molecular weight excluding hydrogens is 552 g/mol. The number of hydrogen-bond donors (Lipinski definition) is 8. The van der Waals surface area contributed by atoms with Gasteiger partial charge in [0.05, 0.1) is 17.2 Å². The molecule has 0 aromatic heterocycles. The Bertz CT molecular complexity index is 1830. The van der Waals surface area contributed by atoms with Crippen LogP contribution >= 0.6 is 0 Å². The van der Waals surface area contributed by atoms with Gasteiger partial charge >= 0.3 is 5.97 Å². The maximum absolute atomic E-state index is 14.0. The molecule has 4 atom stereocenters. The Morgan fingerprint density at radius 1 is 0.667 bits per heavy atom. The van der Waals surface area contributed by atoms with Gasteiger partial charge in [-0.15, -0.1) is 0 Å². The molecule has 7 rings (SSSR count). The standard InChI is InChI=1S/C30H22O12/c31-13-7-19(36)24-23(8-13)41-28(12-2-4-16(33)18(35)6-12)30(24)25-20(37)10-22-14(27(25)42-29(30)39)9-21(38)26(40-22)11-1-3-15(32)17(34)5-11/h1-8,10,21,26,28,31-38H,9H2. The van der Waals surface area contributed by atoms with Crippen molar-refractivity contribution in [2.24, 2.45) is 0 Å². The van der Waals surface area contributed by atoms with Crippen LogP contribution in [0.5, 0.6) is 57.5 Å². The van der Waals surface area contributed by atoms with Crippen LogP contribution in [0, 0.1) is 0 Å². The fourth-order valence-electron chi connectivity index (χ4n) is 6.18. The van der Waals surface area contributed by atoms with Crippen LogP contribution in [0.1, 0.15) is 40.0 Å². The number of phenols is 7. The molecule has 0 saturated carbocycles. The SMILES string of the molecule is O=C1Oc2c3c(cc(O)c2C12c1c(O)cc(O)cc1OC2c1ccc(O)c(O)c1)OC(c1ccc(O)c(O)c1)C(O)C3. The van der Waals surface area contributed by atoms with Gasteiger partial charge in [0.15, 0.2) is 28.4 Å². The Kier molecular flexibility index (Phi) is 5.16. The molecule has 3 aliphatic rings. The Morgan fingerprint density at radius 2 is 1.31 bits per heavy atom. The number of benzene rings is 4. The highest BCUT2D eigenvalue weighted by molar-refractivity contribution is 6.00. The molecule has 0 radical (unpaired) electrons. The second kappa shape index (κ2) is 8.51. The number of fused-ring (bicyclic) bond motifs is 6. The zero-order valence-electron chi connectivity index (χ0n) is 21.3. The molecule has 3 aliphatic heterocycles. The molecule has 0 fully saturated rings. The van der Waals surface area contributed by atoms with Gasteiger partial charge in [0.25, 0.3) is 0 Å². The zero-order valence-corrected chi connectivity index (χ0v) is 21.3. The van der Waals surface area contributed by atoms with Gasteiger partial charge in [0.1, 0.15) is 46.7 Å². The van der Waals surface area contributed by atoms with Crippen molar-refractivity contribution in [3.63, 3.8) is 0 Å². The number of phenolic OH excluding ortho intramolecular Hbond substituents is 7. The van der Waals surface area contributed by atoms with E-state index in [4.69, 9.17) is 14.2 Å². The predicted octanol–water partition coefficient (Wildman–Crippen LogP) is 3.00. The number of carbonyl (C=O) groups excluding carboxylic acids is 1. The minimum absolute atomic E-state index is 0.0758. The number of aromatic hydroxyl groups is 7. The molecular formula is C30H22O12. The molecule has 0 bridgehead atoms. The van der Waals surface area contributed by atoms with Crippen molar-refractivity contribution in [2.75, 3.05) is 0 Å². The Balaban J connectivity index is 1.43. The van der Waals surface area contributed by atoms with Crippen LogP contribution < -0.4 is 14.2 Å². The van der Waals surface area contributed by atoms with Gasteiger partial charge in [-0.05, 0) is 35.4 Å². The van der Waals surface area contributed by atoms with E-state index in [0.29, 0.717) is 5.56 Å². The van der Waals surface area contributed by atoms with Gasteiger partial charge in [-0.1, -0.05) is 12.1 Å². The minimum atomic E-state index is -2.05. The number of carbonyl (C=O) groups is 1. The molecule has 0 aliphatic carbocycles. The van der Waals surface area contributed by atoms with Crippen molar-refractivity contribution in [1.29, 1.82) is 0 Å². The third-order valence-corrected chi connectivity index (χ3v) is 7.98. The highest BCUT2D eigenvalue weighted by atomic mass is 16.6. The first-order valence-electron chi connectivity index (χ1n) is 12.7. The maximum atomic E-state index is 14.0. The monoisotopic (exact) mass is 574 g/mol. The van der Waals surface area contributed by atoms with E-state index in [1.54, 1.807) is 0 Å². The van der Waals surface area contributed by atoms with Crippen LogP contribution in [0.15, 0.2) is 54.6 Å². The highest BCUT2D eigenvalue weighted by Gasteiger charge is 2.66. The van der Waals surface area contributed by atoms with Crippen molar-refractivity contribution in [3.8, 4) is 57.5 Å². The number of hydrogen-bond acceptors (Lipinski definition) is 12. The summed E-state index contributed by atoms with van der Waals surface area (Å²) in [7, 11) is 0. The highest BCUT2D eigenvalue weighted by Crippen LogP contribution is 2.66. The summed E-state index contributed by atoms with van der Waals surface area (Å²) in [5.74, 6) is -4.19. The fraction of sp³-hybridized carbons (Fsp3) is 0.167. The van der Waals surface area contributed by atoms with Gasteiger partial charge in [-0.2, -0.15) is 0 Å². The Labute approximate surface area is 236 Å². The van der Waals surface area contributed by atoms with Crippen molar-refractivity contribution in [2.45, 2.75) is 30.1 Å². The number of aliphatic hydroxyl groups excluding tert-OH is 1. The number of esters is 1. The smallest absolute Gasteiger partial charge is 0.331 e. The Hall–Kier alpha value is -5.49. The van der Waals surface area contributed by atoms with Crippen LogP contribution in [0.2, 0.25) is 0 Å². The average Bonchev–Trinajstić information content (AvgIpc) is 3.43. The largest absolute Gasteiger partial charge is 0.508 e. The Morgan fingerprint density at radius 3 is 2.00 bits per heavy atom. The van der Waals surface area contributed by atoms with E-state index in [9.17, 15) is 45.6 Å². The molecule has 42 heavy (non-hydrogen) atoms. The lowest BCUT2D eigenvalue weighted by atomic mass is 9.69. The van der Waals surface area contributed by atoms with E-state index in [2.05, 4.69) is 0 Å². The predicted molar refractivity (Wildman–Crippen MR) is 140 cm³/mol. The van der Waals surface area contributed by atoms with E-state index in [0.717, 1.165) is 12.1 Å². The van der Waals surface area contributed by atoms with Crippen LogP contribution in [-0.2, 0) is 16.6 Å². The molecule has 4 unspecified atom stereocenters. The van der Waals surface area contributed by atoms with Gasteiger partial charge < -0.3 is 55.1 Å². The molecule has 214 valence electrons. The van der Waals surface area contributed by atoms with Crippen molar-refractivity contribution in [1.82, 2.24) is 0 Å². The first kappa shape index (κ1) is 25.5. The molecule has 3 heterocycles. The molecule has 1 spiro atoms. The molecule has 4 aromatic rings. The van der Waals surface area contributed by atoms with E-state index < -0.39 is 58.4 Å². The molecule has 4 aromatic carbocycles. The lowest BCUT2D eigenvalue weighted by Gasteiger charge is -2.32. The second-order valence-electron chi connectivity index (χ2n) is 10.4. The van der Waals surface area contributed by atoms with Crippen LogP contribution in [0.4, 0.5) is 0 Å². The van der Waals surface area contributed by atoms with Gasteiger partial charge in [-0.3, -0.25) is 4.79 Å². The molecule has 0 saturated heterocycles. The molecule has 8 N–H and O–H groups in total. The maximum Gasteiger partial charge on any atom is 0.331 e. The van der Waals surface area contributed by atoms with Crippen LogP contribution in [-0.4, -0.2) is 52.9 Å². The summed E-state index contributed by atoms with van der Waals surface area (Å²) in [5, 5.41) is 83.4. The second-order valence-corrected chi connectivity index (χ2v) is 10.4. The zero-order chi connectivity index (χ0) is 29.7. The van der Waals surface area contributed by atoms with E-state index >= 15 is 0 Å². The lowest BCUT2D eigenvalue weighted by molar-refractivity contribution is -0.139.